The molecule has 0 atom stereocenters. The first-order valence-corrected chi connectivity index (χ1v) is 8.53. The molecule has 0 spiro atoms. The van der Waals surface area contributed by atoms with Crippen LogP contribution in [0.3, 0.4) is 0 Å². The van der Waals surface area contributed by atoms with E-state index in [9.17, 15) is 4.79 Å². The molecule has 1 fully saturated rings. The first-order chi connectivity index (χ1) is 12.2. The Labute approximate surface area is 145 Å². The van der Waals surface area contributed by atoms with Gasteiger partial charge in [-0.15, -0.1) is 0 Å². The van der Waals surface area contributed by atoms with Gasteiger partial charge in [0.25, 0.3) is 5.91 Å². The molecule has 25 heavy (non-hydrogen) atoms. The van der Waals surface area contributed by atoms with Gasteiger partial charge in [-0.3, -0.25) is 4.79 Å². The van der Waals surface area contributed by atoms with Crippen molar-refractivity contribution in [2.75, 3.05) is 7.11 Å². The number of nitrogens with zero attached hydrogens (tertiary/aromatic N) is 3. The van der Waals surface area contributed by atoms with E-state index in [4.69, 9.17) is 4.74 Å². The Bertz CT molecular complexity index is 863. The number of hydrogen-bond donors (Lipinski definition) is 2. The number of hydrogen-bond acceptors (Lipinski definition) is 4. The van der Waals surface area contributed by atoms with Crippen LogP contribution >= 0.6 is 0 Å². The number of fused-ring (bicyclic) bond motifs is 1. The van der Waals surface area contributed by atoms with E-state index in [2.05, 4.69) is 20.3 Å². The number of H-pyrrole nitrogens is 1. The van der Waals surface area contributed by atoms with Crippen LogP contribution < -0.4 is 5.32 Å². The molecule has 7 heteroatoms. The van der Waals surface area contributed by atoms with Crippen LogP contribution in [0, 0.1) is 0 Å². The number of aromatic nitrogens is 4. The number of benzene rings is 1. The van der Waals surface area contributed by atoms with Gasteiger partial charge in [-0.05, 0) is 37.8 Å². The Kier molecular flexibility index (Phi) is 4.23. The van der Waals surface area contributed by atoms with Gasteiger partial charge in [-0.2, -0.15) is 0 Å². The van der Waals surface area contributed by atoms with Crippen LogP contribution in [0.25, 0.3) is 16.7 Å². The molecule has 1 aliphatic rings. The van der Waals surface area contributed by atoms with E-state index in [1.165, 1.54) is 0 Å². The molecule has 3 aromatic rings. The average Bonchev–Trinajstić information content (AvgIpc) is 3.32. The molecule has 2 N–H and O–H groups in total. The second-order valence-corrected chi connectivity index (χ2v) is 6.44. The van der Waals surface area contributed by atoms with Crippen LogP contribution in [-0.4, -0.2) is 44.7 Å². The summed E-state index contributed by atoms with van der Waals surface area (Å²) in [5.74, 6) is -0.0721. The van der Waals surface area contributed by atoms with Crippen molar-refractivity contribution < 1.29 is 9.53 Å². The highest BCUT2D eigenvalue weighted by Gasteiger charge is 2.23. The number of methoxy groups -OCH3 is 1. The Hall–Kier alpha value is -2.67. The van der Waals surface area contributed by atoms with Crippen molar-refractivity contribution in [3.8, 4) is 5.69 Å². The molecule has 1 aliphatic carbocycles. The second kappa shape index (κ2) is 6.68. The van der Waals surface area contributed by atoms with Gasteiger partial charge in [0.05, 0.1) is 35.4 Å². The first-order valence-electron chi connectivity index (χ1n) is 8.53. The first kappa shape index (κ1) is 15.8. The lowest BCUT2D eigenvalue weighted by atomic mass is 9.92. The SMILES string of the molecule is COC1CCC(NC(=O)c2cc(-n3ccnc3)cc3nc[nH]c23)CC1. The van der Waals surface area contributed by atoms with Crippen molar-refractivity contribution >= 4 is 16.9 Å². The predicted molar refractivity (Wildman–Crippen MR) is 93.7 cm³/mol. The van der Waals surface area contributed by atoms with E-state index in [0.717, 1.165) is 42.4 Å². The fourth-order valence-electron chi connectivity index (χ4n) is 3.48. The molecule has 2 aromatic heterocycles. The molecule has 0 aliphatic heterocycles. The summed E-state index contributed by atoms with van der Waals surface area (Å²) in [5.41, 5.74) is 2.99. The van der Waals surface area contributed by atoms with Crippen molar-refractivity contribution in [3.63, 3.8) is 0 Å². The van der Waals surface area contributed by atoms with Crippen LogP contribution in [0.1, 0.15) is 36.0 Å². The maximum absolute atomic E-state index is 12.9. The normalized spacial score (nSPS) is 20.7. The highest BCUT2D eigenvalue weighted by atomic mass is 16.5. The maximum atomic E-state index is 12.9. The van der Waals surface area contributed by atoms with Gasteiger partial charge in [-0.1, -0.05) is 0 Å². The minimum atomic E-state index is -0.0721. The van der Waals surface area contributed by atoms with Gasteiger partial charge in [-0.25, -0.2) is 9.97 Å². The molecule has 130 valence electrons. The number of rotatable bonds is 4. The van der Waals surface area contributed by atoms with Crippen molar-refractivity contribution in [2.24, 2.45) is 0 Å². The molecule has 0 radical (unpaired) electrons. The minimum absolute atomic E-state index is 0.0721. The molecule has 0 bridgehead atoms. The fraction of sp³-hybridized carbons (Fsp3) is 0.389. The highest BCUT2D eigenvalue weighted by molar-refractivity contribution is 6.05. The summed E-state index contributed by atoms with van der Waals surface area (Å²) in [4.78, 5) is 24.3. The minimum Gasteiger partial charge on any atom is -0.381 e. The molecule has 7 nitrogen and oxygen atoms in total. The number of carbonyl (C=O) groups excluding carboxylic acids is 1. The van der Waals surface area contributed by atoms with Crippen molar-refractivity contribution in [1.82, 2.24) is 24.8 Å². The number of imidazole rings is 2. The smallest absolute Gasteiger partial charge is 0.253 e. The van der Waals surface area contributed by atoms with Crippen molar-refractivity contribution in [2.45, 2.75) is 37.8 Å². The molecular formula is C18H21N5O2. The number of aromatic amines is 1. The van der Waals surface area contributed by atoms with Gasteiger partial charge in [0.15, 0.2) is 0 Å². The Morgan fingerprint density at radius 1 is 1.32 bits per heavy atom. The van der Waals surface area contributed by atoms with Gasteiger partial charge in [0, 0.05) is 31.2 Å². The Balaban J connectivity index is 1.59. The van der Waals surface area contributed by atoms with E-state index in [0.29, 0.717) is 11.7 Å². The summed E-state index contributed by atoms with van der Waals surface area (Å²) in [6, 6.07) is 4.00. The van der Waals surface area contributed by atoms with Crippen molar-refractivity contribution in [3.05, 3.63) is 42.7 Å². The lowest BCUT2D eigenvalue weighted by Crippen LogP contribution is -2.39. The zero-order chi connectivity index (χ0) is 17.2. The standard InChI is InChI=1S/C18H21N5O2/c1-25-14-4-2-12(3-5-14)22-18(24)15-8-13(23-7-6-19-11-23)9-16-17(15)21-10-20-16/h6-12,14H,2-5H2,1H3,(H,20,21)(H,22,24). The van der Waals surface area contributed by atoms with E-state index >= 15 is 0 Å². The molecule has 1 aromatic carbocycles. The number of carbonyl (C=O) groups is 1. The maximum Gasteiger partial charge on any atom is 0.253 e. The summed E-state index contributed by atoms with van der Waals surface area (Å²) < 4.78 is 7.27. The monoisotopic (exact) mass is 339 g/mol. The Morgan fingerprint density at radius 2 is 2.16 bits per heavy atom. The van der Waals surface area contributed by atoms with Gasteiger partial charge >= 0.3 is 0 Å². The second-order valence-electron chi connectivity index (χ2n) is 6.44. The van der Waals surface area contributed by atoms with Crippen LogP contribution in [0.2, 0.25) is 0 Å². The molecule has 0 saturated heterocycles. The molecule has 0 unspecified atom stereocenters. The molecule has 4 rings (SSSR count). The van der Waals surface area contributed by atoms with Crippen LogP contribution in [-0.2, 0) is 4.74 Å². The fourth-order valence-corrected chi connectivity index (χ4v) is 3.48. The van der Waals surface area contributed by atoms with E-state index in [-0.39, 0.29) is 11.9 Å². The Morgan fingerprint density at radius 3 is 2.88 bits per heavy atom. The largest absolute Gasteiger partial charge is 0.381 e. The molecular weight excluding hydrogens is 318 g/mol. The van der Waals surface area contributed by atoms with Crippen LogP contribution in [0.15, 0.2) is 37.2 Å². The summed E-state index contributed by atoms with van der Waals surface area (Å²) in [5, 5.41) is 3.17. The summed E-state index contributed by atoms with van der Waals surface area (Å²) in [6.45, 7) is 0. The van der Waals surface area contributed by atoms with Gasteiger partial charge in [0.1, 0.15) is 0 Å². The van der Waals surface area contributed by atoms with Gasteiger partial charge in [0.2, 0.25) is 0 Å². The number of nitrogens with one attached hydrogen (secondary N) is 2. The van der Waals surface area contributed by atoms with Crippen molar-refractivity contribution in [1.29, 1.82) is 0 Å². The lowest BCUT2D eigenvalue weighted by Gasteiger charge is -2.28. The van der Waals surface area contributed by atoms with E-state index in [1.807, 2.05) is 22.9 Å². The van der Waals surface area contributed by atoms with Gasteiger partial charge < -0.3 is 19.6 Å². The quantitative estimate of drug-likeness (QED) is 0.764. The third kappa shape index (κ3) is 3.15. The predicted octanol–water partition coefficient (Wildman–Crippen LogP) is 2.44. The third-order valence-electron chi connectivity index (χ3n) is 4.90. The summed E-state index contributed by atoms with van der Waals surface area (Å²) in [6.07, 6.45) is 11.0. The van der Waals surface area contributed by atoms with E-state index in [1.54, 1.807) is 26.0 Å². The topological polar surface area (TPSA) is 84.8 Å². The molecule has 1 saturated carbocycles. The average molecular weight is 339 g/mol. The van der Waals surface area contributed by atoms with Crippen LogP contribution in [0.4, 0.5) is 0 Å². The lowest BCUT2D eigenvalue weighted by molar-refractivity contribution is 0.0599. The highest BCUT2D eigenvalue weighted by Crippen LogP contribution is 2.23. The molecule has 2 heterocycles. The number of ether oxygens (including phenoxy) is 1. The zero-order valence-corrected chi connectivity index (χ0v) is 14.1. The number of amides is 1. The zero-order valence-electron chi connectivity index (χ0n) is 14.1. The summed E-state index contributed by atoms with van der Waals surface area (Å²) in [7, 11) is 1.75. The van der Waals surface area contributed by atoms with E-state index < -0.39 is 0 Å². The van der Waals surface area contributed by atoms with Crippen LogP contribution in [0.5, 0.6) is 0 Å². The molecule has 1 amide bonds. The third-order valence-corrected chi connectivity index (χ3v) is 4.90. The summed E-state index contributed by atoms with van der Waals surface area (Å²) >= 11 is 0.